The maximum absolute atomic E-state index is 9.59. The average molecular weight is 281 g/mol. The molecule has 2 N–H and O–H groups in total. The van der Waals surface area contributed by atoms with Gasteiger partial charge >= 0.3 is 0 Å². The van der Waals surface area contributed by atoms with Crippen LogP contribution < -0.4 is 5.32 Å². The molecule has 3 heteroatoms. The Hall–Kier alpha value is -0.380. The lowest BCUT2D eigenvalue weighted by Crippen LogP contribution is -2.34. The van der Waals surface area contributed by atoms with Crippen LogP contribution in [0.4, 0.5) is 0 Å². The minimum Gasteiger partial charge on any atom is -0.396 e. The quantitative estimate of drug-likeness (QED) is 0.863. The van der Waals surface area contributed by atoms with E-state index in [2.05, 4.69) is 38.2 Å². The van der Waals surface area contributed by atoms with E-state index < -0.39 is 0 Å². The third-order valence-electron chi connectivity index (χ3n) is 4.20. The molecular weight excluding hydrogens is 254 g/mol. The summed E-state index contributed by atoms with van der Waals surface area (Å²) in [5.74, 6) is 0. The first-order valence-corrected chi connectivity index (χ1v) is 8.18. The van der Waals surface area contributed by atoms with Crippen molar-refractivity contribution in [2.75, 3.05) is 13.2 Å². The molecule has 0 amide bonds. The van der Waals surface area contributed by atoms with E-state index in [-0.39, 0.29) is 10.8 Å². The summed E-state index contributed by atoms with van der Waals surface area (Å²) >= 11 is 1.90. The number of rotatable bonds is 5. The molecule has 0 bridgehead atoms. The SMILES string of the molecule is CC(C)(C)c1ccc(CNCC2(CO)CCCC2)s1. The summed E-state index contributed by atoms with van der Waals surface area (Å²) in [6.07, 6.45) is 4.90. The van der Waals surface area contributed by atoms with E-state index in [1.54, 1.807) is 0 Å². The first kappa shape index (κ1) is 15.0. The summed E-state index contributed by atoms with van der Waals surface area (Å²) in [4.78, 5) is 2.85. The predicted molar refractivity (Wildman–Crippen MR) is 82.7 cm³/mol. The average Bonchev–Trinajstić information content (AvgIpc) is 2.97. The zero-order valence-electron chi connectivity index (χ0n) is 12.5. The summed E-state index contributed by atoms with van der Waals surface area (Å²) in [5, 5.41) is 13.1. The highest BCUT2D eigenvalue weighted by molar-refractivity contribution is 7.12. The number of nitrogens with one attached hydrogen (secondary N) is 1. The van der Waals surface area contributed by atoms with Crippen molar-refractivity contribution in [1.82, 2.24) is 5.32 Å². The molecule has 0 aromatic carbocycles. The predicted octanol–water partition coefficient (Wildman–Crippen LogP) is 3.69. The van der Waals surface area contributed by atoms with Gasteiger partial charge in [0.15, 0.2) is 0 Å². The fraction of sp³-hybridized carbons (Fsp3) is 0.750. The van der Waals surface area contributed by atoms with Gasteiger partial charge in [-0.2, -0.15) is 0 Å². The van der Waals surface area contributed by atoms with Crippen molar-refractivity contribution in [3.8, 4) is 0 Å². The maximum Gasteiger partial charge on any atom is 0.0499 e. The van der Waals surface area contributed by atoms with Gasteiger partial charge in [-0.3, -0.25) is 0 Å². The largest absolute Gasteiger partial charge is 0.396 e. The summed E-state index contributed by atoms with van der Waals surface area (Å²) in [6.45, 7) is 8.99. The second-order valence-electron chi connectivity index (χ2n) is 6.98. The first-order chi connectivity index (χ1) is 8.95. The van der Waals surface area contributed by atoms with Gasteiger partial charge in [-0.05, 0) is 30.4 Å². The first-order valence-electron chi connectivity index (χ1n) is 7.36. The van der Waals surface area contributed by atoms with Crippen molar-refractivity contribution in [3.63, 3.8) is 0 Å². The molecule has 0 unspecified atom stereocenters. The van der Waals surface area contributed by atoms with Crippen LogP contribution in [0.15, 0.2) is 12.1 Å². The molecule has 19 heavy (non-hydrogen) atoms. The molecule has 1 saturated carbocycles. The lowest BCUT2D eigenvalue weighted by Gasteiger charge is -2.26. The lowest BCUT2D eigenvalue weighted by atomic mass is 9.87. The van der Waals surface area contributed by atoms with E-state index in [9.17, 15) is 5.11 Å². The minimum atomic E-state index is 0.157. The van der Waals surface area contributed by atoms with Crippen molar-refractivity contribution in [2.24, 2.45) is 5.41 Å². The molecule has 0 aliphatic heterocycles. The smallest absolute Gasteiger partial charge is 0.0499 e. The number of thiophene rings is 1. The number of hydrogen-bond acceptors (Lipinski definition) is 3. The Kier molecular flexibility index (Phi) is 4.70. The Bertz CT molecular complexity index is 399. The van der Waals surface area contributed by atoms with Crippen LogP contribution in [0, 0.1) is 5.41 Å². The van der Waals surface area contributed by atoms with Gasteiger partial charge in [-0.15, -0.1) is 11.3 Å². The number of aliphatic hydroxyl groups excluding tert-OH is 1. The van der Waals surface area contributed by atoms with Gasteiger partial charge in [0.2, 0.25) is 0 Å². The fourth-order valence-corrected chi connectivity index (χ4v) is 3.88. The van der Waals surface area contributed by atoms with Gasteiger partial charge in [-0.1, -0.05) is 33.6 Å². The molecule has 0 radical (unpaired) electrons. The Morgan fingerprint density at radius 1 is 1.26 bits per heavy atom. The number of hydrogen-bond donors (Lipinski definition) is 2. The summed E-state index contributed by atoms with van der Waals surface area (Å²) in [6, 6.07) is 4.48. The molecule has 1 heterocycles. The van der Waals surface area contributed by atoms with E-state index in [4.69, 9.17) is 0 Å². The standard InChI is InChI=1S/C16H27NOS/c1-15(2,3)14-7-6-13(19-14)10-17-11-16(12-18)8-4-5-9-16/h6-7,17-18H,4-5,8-12H2,1-3H3. The molecule has 0 saturated heterocycles. The topological polar surface area (TPSA) is 32.3 Å². The Morgan fingerprint density at radius 2 is 1.95 bits per heavy atom. The molecular formula is C16H27NOS. The van der Waals surface area contributed by atoms with Crippen molar-refractivity contribution >= 4 is 11.3 Å². The second kappa shape index (κ2) is 5.94. The van der Waals surface area contributed by atoms with Crippen molar-refractivity contribution in [3.05, 3.63) is 21.9 Å². The minimum absolute atomic E-state index is 0.157. The molecule has 108 valence electrons. The molecule has 1 fully saturated rings. The van der Waals surface area contributed by atoms with Crippen LogP contribution in [0.3, 0.4) is 0 Å². The molecule has 1 aromatic rings. The van der Waals surface area contributed by atoms with E-state index in [1.807, 2.05) is 11.3 Å². The van der Waals surface area contributed by atoms with Crippen molar-refractivity contribution in [1.29, 1.82) is 0 Å². The van der Waals surface area contributed by atoms with E-state index in [0.717, 1.165) is 13.1 Å². The van der Waals surface area contributed by atoms with Crippen LogP contribution in [0.1, 0.15) is 56.2 Å². The van der Waals surface area contributed by atoms with Gasteiger partial charge in [-0.25, -0.2) is 0 Å². The Balaban J connectivity index is 1.84. The molecule has 1 aliphatic carbocycles. The van der Waals surface area contributed by atoms with Gasteiger partial charge in [0.25, 0.3) is 0 Å². The third-order valence-corrected chi connectivity index (χ3v) is 5.71. The van der Waals surface area contributed by atoms with E-state index in [1.165, 1.54) is 35.4 Å². The zero-order valence-corrected chi connectivity index (χ0v) is 13.3. The molecule has 0 atom stereocenters. The summed E-state index contributed by atoms with van der Waals surface area (Å²) in [5.41, 5.74) is 0.408. The summed E-state index contributed by atoms with van der Waals surface area (Å²) < 4.78 is 0. The highest BCUT2D eigenvalue weighted by Crippen LogP contribution is 2.37. The molecule has 1 aliphatic rings. The van der Waals surface area contributed by atoms with Crippen LogP contribution in [0.25, 0.3) is 0 Å². The van der Waals surface area contributed by atoms with Gasteiger partial charge in [0.05, 0.1) is 0 Å². The Morgan fingerprint density at radius 3 is 2.47 bits per heavy atom. The zero-order chi connectivity index (χ0) is 13.9. The van der Waals surface area contributed by atoms with Crippen LogP contribution >= 0.6 is 11.3 Å². The normalized spacial score (nSPS) is 18.9. The fourth-order valence-electron chi connectivity index (χ4n) is 2.84. The molecule has 2 nitrogen and oxygen atoms in total. The van der Waals surface area contributed by atoms with Crippen LogP contribution in [0.2, 0.25) is 0 Å². The van der Waals surface area contributed by atoms with Crippen LogP contribution in [-0.4, -0.2) is 18.3 Å². The third kappa shape index (κ3) is 3.80. The highest BCUT2D eigenvalue weighted by atomic mass is 32.1. The van der Waals surface area contributed by atoms with Crippen LogP contribution in [-0.2, 0) is 12.0 Å². The van der Waals surface area contributed by atoms with Gasteiger partial charge < -0.3 is 10.4 Å². The summed E-state index contributed by atoms with van der Waals surface area (Å²) in [7, 11) is 0. The molecule has 2 rings (SSSR count). The van der Waals surface area contributed by atoms with Gasteiger partial charge in [0.1, 0.15) is 0 Å². The lowest BCUT2D eigenvalue weighted by molar-refractivity contribution is 0.128. The molecule has 1 aromatic heterocycles. The Labute approximate surface area is 121 Å². The van der Waals surface area contributed by atoms with Crippen LogP contribution in [0.5, 0.6) is 0 Å². The molecule has 0 spiro atoms. The van der Waals surface area contributed by atoms with Gasteiger partial charge in [0, 0.05) is 34.9 Å². The van der Waals surface area contributed by atoms with Crippen molar-refractivity contribution in [2.45, 2.75) is 58.4 Å². The highest BCUT2D eigenvalue weighted by Gasteiger charge is 2.32. The van der Waals surface area contributed by atoms with E-state index >= 15 is 0 Å². The second-order valence-corrected chi connectivity index (χ2v) is 8.15. The maximum atomic E-state index is 9.59. The van der Waals surface area contributed by atoms with E-state index in [0.29, 0.717) is 6.61 Å². The number of aliphatic hydroxyl groups is 1. The monoisotopic (exact) mass is 281 g/mol. The van der Waals surface area contributed by atoms with Crippen molar-refractivity contribution < 1.29 is 5.11 Å².